The summed E-state index contributed by atoms with van der Waals surface area (Å²) < 4.78 is 45.9. The number of anilines is 1. The summed E-state index contributed by atoms with van der Waals surface area (Å²) >= 11 is 0. The molecule has 0 aliphatic carbocycles. The molecule has 0 heterocycles. The predicted molar refractivity (Wildman–Crippen MR) is 93.3 cm³/mol. The molecule has 0 aromatic heterocycles. The highest BCUT2D eigenvalue weighted by molar-refractivity contribution is 6.05. The monoisotopic (exact) mass is 378 g/mol. The molecule has 0 atom stereocenters. The molecule has 0 unspecified atom stereocenters. The van der Waals surface area contributed by atoms with Gasteiger partial charge in [0.1, 0.15) is 29.0 Å². The van der Waals surface area contributed by atoms with Crippen molar-refractivity contribution in [3.8, 4) is 0 Å². The van der Waals surface area contributed by atoms with Crippen LogP contribution in [-0.2, 0) is 16.0 Å². The van der Waals surface area contributed by atoms with E-state index in [9.17, 15) is 22.8 Å². The van der Waals surface area contributed by atoms with Crippen LogP contribution in [-0.4, -0.2) is 18.4 Å². The molecule has 2 rings (SSSR count). The van der Waals surface area contributed by atoms with Crippen molar-refractivity contribution >= 4 is 17.4 Å². The van der Waals surface area contributed by atoms with Crippen LogP contribution in [0.25, 0.3) is 0 Å². The average Bonchev–Trinajstić information content (AvgIpc) is 2.58. The number of hydrogen-bond donors (Lipinski definition) is 2. The van der Waals surface area contributed by atoms with Crippen molar-refractivity contribution < 1.29 is 27.5 Å². The summed E-state index contributed by atoms with van der Waals surface area (Å²) in [5.41, 5.74) is 5.57. The van der Waals surface area contributed by atoms with Crippen molar-refractivity contribution in [1.29, 1.82) is 0 Å². The number of carbonyl (C=O) groups is 2. The van der Waals surface area contributed by atoms with E-state index in [2.05, 4.69) is 5.32 Å². The van der Waals surface area contributed by atoms with E-state index in [1.165, 1.54) is 19.1 Å². The maximum Gasteiger partial charge on any atom is 0.302 e. The van der Waals surface area contributed by atoms with Crippen LogP contribution < -0.4 is 11.1 Å². The highest BCUT2D eigenvalue weighted by atomic mass is 19.1. The van der Waals surface area contributed by atoms with E-state index in [-0.39, 0.29) is 24.4 Å². The van der Waals surface area contributed by atoms with Gasteiger partial charge < -0.3 is 15.8 Å². The Balaban J connectivity index is 2.10. The molecule has 0 saturated carbocycles. The Morgan fingerprint density at radius 2 is 1.70 bits per heavy atom. The van der Waals surface area contributed by atoms with Gasteiger partial charge in [0.25, 0.3) is 0 Å². The van der Waals surface area contributed by atoms with Crippen molar-refractivity contribution in [1.82, 2.24) is 0 Å². The topological polar surface area (TPSA) is 81.4 Å². The van der Waals surface area contributed by atoms with Crippen molar-refractivity contribution in [3.63, 3.8) is 0 Å². The molecular weight excluding hydrogens is 361 g/mol. The fourth-order valence-electron chi connectivity index (χ4n) is 2.22. The lowest BCUT2D eigenvalue weighted by Crippen LogP contribution is -2.14. The molecule has 8 heteroatoms. The molecule has 0 aliphatic heterocycles. The minimum Gasteiger partial charge on any atom is -0.466 e. The highest BCUT2D eigenvalue weighted by Crippen LogP contribution is 2.22. The van der Waals surface area contributed by atoms with Crippen molar-refractivity contribution in [2.24, 2.45) is 5.73 Å². The number of halogens is 3. The van der Waals surface area contributed by atoms with Crippen LogP contribution in [0, 0.1) is 17.5 Å². The number of ketones is 1. The number of rotatable bonds is 7. The van der Waals surface area contributed by atoms with Gasteiger partial charge in [-0.2, -0.15) is 0 Å². The maximum atomic E-state index is 14.1. The SMILES string of the molecule is CC(=O)OCCc1cc(F)c(N/C(N)=C/C(=O)c2ccc(F)cc2)c(F)c1. The summed E-state index contributed by atoms with van der Waals surface area (Å²) in [4.78, 5) is 22.7. The van der Waals surface area contributed by atoms with Crippen LogP contribution in [0.4, 0.5) is 18.9 Å². The van der Waals surface area contributed by atoms with E-state index in [0.717, 1.165) is 30.3 Å². The van der Waals surface area contributed by atoms with Crippen molar-refractivity contribution in [3.05, 3.63) is 76.9 Å². The number of benzene rings is 2. The molecule has 142 valence electrons. The van der Waals surface area contributed by atoms with Gasteiger partial charge in [0.05, 0.1) is 6.61 Å². The Morgan fingerprint density at radius 3 is 2.26 bits per heavy atom. The van der Waals surface area contributed by atoms with Gasteiger partial charge in [-0.15, -0.1) is 0 Å². The van der Waals surface area contributed by atoms with E-state index >= 15 is 0 Å². The van der Waals surface area contributed by atoms with E-state index in [0.29, 0.717) is 5.56 Å². The van der Waals surface area contributed by atoms with E-state index in [4.69, 9.17) is 10.5 Å². The van der Waals surface area contributed by atoms with E-state index in [1.54, 1.807) is 0 Å². The molecule has 0 fully saturated rings. The number of hydrogen-bond acceptors (Lipinski definition) is 5. The Labute approximate surface area is 153 Å². The van der Waals surface area contributed by atoms with Gasteiger partial charge in [-0.05, 0) is 42.0 Å². The van der Waals surface area contributed by atoms with Crippen LogP contribution in [0.5, 0.6) is 0 Å². The summed E-state index contributed by atoms with van der Waals surface area (Å²) in [7, 11) is 0. The van der Waals surface area contributed by atoms with Gasteiger partial charge in [0, 0.05) is 25.0 Å². The lowest BCUT2D eigenvalue weighted by molar-refractivity contribution is -0.140. The third kappa shape index (κ3) is 5.88. The molecule has 0 spiro atoms. The highest BCUT2D eigenvalue weighted by Gasteiger charge is 2.13. The first-order valence-electron chi connectivity index (χ1n) is 7.91. The maximum absolute atomic E-state index is 14.1. The summed E-state index contributed by atoms with van der Waals surface area (Å²) in [5, 5.41) is 2.30. The zero-order chi connectivity index (χ0) is 20.0. The number of nitrogens with two attached hydrogens (primary N) is 1. The first-order valence-corrected chi connectivity index (χ1v) is 7.91. The second-order valence-corrected chi connectivity index (χ2v) is 5.62. The summed E-state index contributed by atoms with van der Waals surface area (Å²) in [5.74, 6) is -3.66. The first-order chi connectivity index (χ1) is 12.8. The van der Waals surface area contributed by atoms with E-state index < -0.39 is 34.9 Å². The number of ether oxygens (including phenoxy) is 1. The zero-order valence-electron chi connectivity index (χ0n) is 14.4. The van der Waals surface area contributed by atoms with Crippen LogP contribution in [0.3, 0.4) is 0 Å². The summed E-state index contributed by atoms with van der Waals surface area (Å²) in [6.07, 6.45) is 1.09. The molecule has 0 aliphatic rings. The minimum atomic E-state index is -0.918. The Bertz CT molecular complexity index is 857. The van der Waals surface area contributed by atoms with Crippen LogP contribution in [0.15, 0.2) is 48.3 Å². The third-order valence-corrected chi connectivity index (χ3v) is 3.48. The van der Waals surface area contributed by atoms with Crippen LogP contribution in [0.2, 0.25) is 0 Å². The molecule has 5 nitrogen and oxygen atoms in total. The van der Waals surface area contributed by atoms with Crippen molar-refractivity contribution in [2.45, 2.75) is 13.3 Å². The quantitative estimate of drug-likeness (QED) is 0.439. The predicted octanol–water partition coefficient (Wildman–Crippen LogP) is 3.30. The zero-order valence-corrected chi connectivity index (χ0v) is 14.4. The summed E-state index contributed by atoms with van der Waals surface area (Å²) in [6.45, 7) is 1.23. The Morgan fingerprint density at radius 1 is 1.11 bits per heavy atom. The molecular formula is C19H17F3N2O3. The third-order valence-electron chi connectivity index (χ3n) is 3.48. The van der Waals surface area contributed by atoms with Gasteiger partial charge in [0.15, 0.2) is 5.78 Å². The van der Waals surface area contributed by atoms with Crippen LogP contribution in [0.1, 0.15) is 22.8 Å². The standard InChI is InChI=1S/C19H17F3N2O3/c1-11(25)27-7-6-12-8-15(21)19(16(22)9-12)24-18(23)10-17(26)13-2-4-14(20)5-3-13/h2-5,8-10,24H,6-7,23H2,1H3/b18-10+. The number of esters is 1. The largest absolute Gasteiger partial charge is 0.466 e. The number of nitrogens with one attached hydrogen (secondary N) is 1. The first kappa shape index (κ1) is 20.0. The smallest absolute Gasteiger partial charge is 0.302 e. The minimum absolute atomic E-state index is 0.00476. The second kappa shape index (κ2) is 8.88. The molecule has 3 N–H and O–H groups in total. The van der Waals surface area contributed by atoms with Gasteiger partial charge in [-0.25, -0.2) is 13.2 Å². The average molecular weight is 378 g/mol. The molecule has 2 aromatic carbocycles. The molecule has 27 heavy (non-hydrogen) atoms. The molecule has 0 radical (unpaired) electrons. The fourth-order valence-corrected chi connectivity index (χ4v) is 2.22. The second-order valence-electron chi connectivity index (χ2n) is 5.62. The van der Waals surface area contributed by atoms with Gasteiger partial charge in [-0.1, -0.05) is 0 Å². The van der Waals surface area contributed by atoms with E-state index in [1.807, 2.05) is 0 Å². The summed E-state index contributed by atoms with van der Waals surface area (Å²) in [6, 6.07) is 6.90. The van der Waals surface area contributed by atoms with Gasteiger partial charge in [0.2, 0.25) is 0 Å². The molecule has 0 saturated heterocycles. The molecule has 0 amide bonds. The van der Waals surface area contributed by atoms with Crippen LogP contribution >= 0.6 is 0 Å². The molecule has 2 aromatic rings. The normalized spacial score (nSPS) is 11.2. The Hall–Kier alpha value is -3.29. The van der Waals surface area contributed by atoms with Gasteiger partial charge in [-0.3, -0.25) is 9.59 Å². The van der Waals surface area contributed by atoms with Gasteiger partial charge >= 0.3 is 5.97 Å². The lowest BCUT2D eigenvalue weighted by atomic mass is 10.1. The molecule has 0 bridgehead atoms. The lowest BCUT2D eigenvalue weighted by Gasteiger charge is -2.11. The Kier molecular flexibility index (Phi) is 6.59. The van der Waals surface area contributed by atoms with Crippen molar-refractivity contribution in [2.75, 3.05) is 11.9 Å². The number of carbonyl (C=O) groups excluding carboxylic acids is 2. The number of allylic oxidation sites excluding steroid dienone is 1. The fraction of sp³-hybridized carbons (Fsp3) is 0.158.